The Morgan fingerprint density at radius 1 is 1.16 bits per heavy atom. The van der Waals surface area contributed by atoms with Crippen LogP contribution in [0.2, 0.25) is 10.0 Å². The molecule has 0 atom stereocenters. The lowest BCUT2D eigenvalue weighted by Crippen LogP contribution is -2.07. The van der Waals surface area contributed by atoms with Crippen LogP contribution in [0.1, 0.15) is 11.3 Å². The summed E-state index contributed by atoms with van der Waals surface area (Å²) in [5, 5.41) is 4.55. The third kappa shape index (κ3) is 3.92. The highest BCUT2D eigenvalue weighted by molar-refractivity contribution is 6.37. The Labute approximate surface area is 155 Å². The maximum Gasteiger partial charge on any atom is 0.248 e. The maximum atomic E-state index is 12.2. The van der Waals surface area contributed by atoms with E-state index in [0.29, 0.717) is 27.0 Å². The molecule has 3 rings (SSSR count). The average Bonchev–Trinajstić information content (AvgIpc) is 2.55. The molecule has 0 saturated carbocycles. The van der Waals surface area contributed by atoms with Gasteiger partial charge in [0, 0.05) is 44.1 Å². The van der Waals surface area contributed by atoms with Crippen molar-refractivity contribution >= 4 is 57.5 Å². The Bertz CT molecular complexity index is 979. The summed E-state index contributed by atoms with van der Waals surface area (Å²) in [6.45, 7) is 1.89. The average molecular weight is 372 g/mol. The van der Waals surface area contributed by atoms with E-state index in [9.17, 15) is 4.79 Å². The molecule has 25 heavy (non-hydrogen) atoms. The van der Waals surface area contributed by atoms with Gasteiger partial charge in [-0.1, -0.05) is 29.3 Å². The number of anilines is 2. The number of pyridine rings is 1. The van der Waals surface area contributed by atoms with Crippen LogP contribution in [-0.2, 0) is 4.79 Å². The van der Waals surface area contributed by atoms with Crippen LogP contribution in [0.5, 0.6) is 0 Å². The molecule has 0 aliphatic carbocycles. The fourth-order valence-corrected chi connectivity index (χ4v) is 3.00. The molecule has 6 heteroatoms. The Hall–Kier alpha value is -2.56. The van der Waals surface area contributed by atoms with Crippen molar-refractivity contribution in [2.45, 2.75) is 6.92 Å². The molecular formula is C19H15Cl2N3O. The van der Waals surface area contributed by atoms with Gasteiger partial charge in [0.25, 0.3) is 0 Å². The number of carbonyl (C=O) groups is 1. The minimum Gasteiger partial charge on any atom is -0.398 e. The Morgan fingerprint density at radius 2 is 1.88 bits per heavy atom. The second-order valence-corrected chi connectivity index (χ2v) is 6.36. The summed E-state index contributed by atoms with van der Waals surface area (Å²) in [7, 11) is 0. The summed E-state index contributed by atoms with van der Waals surface area (Å²) in [4.78, 5) is 16.6. The van der Waals surface area contributed by atoms with E-state index < -0.39 is 0 Å². The highest BCUT2D eigenvalue weighted by atomic mass is 35.5. The second-order valence-electron chi connectivity index (χ2n) is 5.54. The van der Waals surface area contributed by atoms with Gasteiger partial charge in [-0.25, -0.2) is 0 Å². The largest absolute Gasteiger partial charge is 0.398 e. The fourth-order valence-electron chi connectivity index (χ4n) is 2.48. The summed E-state index contributed by atoms with van der Waals surface area (Å²) in [6.07, 6.45) is 2.97. The molecule has 0 saturated heterocycles. The number of nitrogens with two attached hydrogens (primary N) is 1. The van der Waals surface area contributed by atoms with Gasteiger partial charge in [-0.2, -0.15) is 0 Å². The van der Waals surface area contributed by atoms with Crippen molar-refractivity contribution in [3.63, 3.8) is 0 Å². The van der Waals surface area contributed by atoms with Crippen molar-refractivity contribution in [3.8, 4) is 0 Å². The number of aromatic nitrogens is 1. The first-order valence-electron chi connectivity index (χ1n) is 7.54. The molecule has 0 fully saturated rings. The summed E-state index contributed by atoms with van der Waals surface area (Å²) < 4.78 is 0. The summed E-state index contributed by atoms with van der Waals surface area (Å²) >= 11 is 12.2. The lowest BCUT2D eigenvalue weighted by Gasteiger charge is -2.07. The van der Waals surface area contributed by atoms with Crippen LogP contribution in [0.15, 0.2) is 48.5 Å². The van der Waals surface area contributed by atoms with E-state index in [2.05, 4.69) is 10.3 Å². The minimum absolute atomic E-state index is 0.297. The third-order valence-electron chi connectivity index (χ3n) is 3.64. The molecule has 0 aliphatic rings. The number of amides is 1. The van der Waals surface area contributed by atoms with Gasteiger partial charge in [0.2, 0.25) is 5.91 Å². The number of nitrogens with one attached hydrogen (secondary N) is 1. The maximum absolute atomic E-state index is 12.2. The van der Waals surface area contributed by atoms with Gasteiger partial charge in [0.1, 0.15) is 0 Å². The predicted octanol–water partition coefficient (Wildman–Crippen LogP) is 5.08. The van der Waals surface area contributed by atoms with Crippen LogP contribution in [-0.4, -0.2) is 10.9 Å². The van der Waals surface area contributed by atoms with E-state index in [1.807, 2.05) is 13.0 Å². The first-order chi connectivity index (χ1) is 11.9. The smallest absolute Gasteiger partial charge is 0.248 e. The number of hydrogen-bond acceptors (Lipinski definition) is 3. The number of rotatable bonds is 3. The number of nitrogen functional groups attached to an aromatic ring is 1. The van der Waals surface area contributed by atoms with Gasteiger partial charge in [-0.15, -0.1) is 0 Å². The molecule has 1 amide bonds. The molecule has 0 bridgehead atoms. The third-order valence-corrected chi connectivity index (χ3v) is 4.30. The molecule has 0 radical (unpaired) electrons. The van der Waals surface area contributed by atoms with Gasteiger partial charge >= 0.3 is 0 Å². The molecule has 3 N–H and O–H groups in total. The number of aryl methyl sites for hydroxylation is 1. The number of hydrogen-bond donors (Lipinski definition) is 2. The molecule has 1 heterocycles. The van der Waals surface area contributed by atoms with E-state index in [0.717, 1.165) is 16.6 Å². The van der Waals surface area contributed by atoms with Crippen LogP contribution in [0.3, 0.4) is 0 Å². The monoisotopic (exact) mass is 371 g/mol. The lowest BCUT2D eigenvalue weighted by atomic mass is 10.1. The van der Waals surface area contributed by atoms with Crippen LogP contribution in [0.25, 0.3) is 17.0 Å². The standard InChI is InChI=1S/C19H15Cl2N3O/c1-11-9-17(22)14-10-12(5-7-18(14)23-11)24-19(25)8-6-13-15(20)3-2-4-16(13)21/h2-10H,1H3,(H2,22,23)(H,24,25)/b8-6+. The SMILES string of the molecule is Cc1cc(N)c2cc(NC(=O)/C=C/c3c(Cl)cccc3Cl)ccc2n1. The van der Waals surface area contributed by atoms with E-state index >= 15 is 0 Å². The van der Waals surface area contributed by atoms with Crippen LogP contribution in [0, 0.1) is 6.92 Å². The first kappa shape index (κ1) is 17.3. The van der Waals surface area contributed by atoms with Crippen molar-refractivity contribution in [2.24, 2.45) is 0 Å². The van der Waals surface area contributed by atoms with Gasteiger partial charge in [0.15, 0.2) is 0 Å². The molecule has 4 nitrogen and oxygen atoms in total. The number of halogens is 2. The summed E-state index contributed by atoms with van der Waals surface area (Å²) in [6, 6.07) is 12.4. The van der Waals surface area contributed by atoms with Gasteiger partial charge < -0.3 is 11.1 Å². The minimum atomic E-state index is -0.297. The van der Waals surface area contributed by atoms with Crippen LogP contribution >= 0.6 is 23.2 Å². The normalized spacial score (nSPS) is 11.2. The zero-order valence-electron chi connectivity index (χ0n) is 13.4. The van der Waals surface area contributed by atoms with Crippen LogP contribution < -0.4 is 11.1 Å². The number of carbonyl (C=O) groups excluding carboxylic acids is 1. The number of fused-ring (bicyclic) bond motifs is 1. The molecule has 2 aromatic carbocycles. The van der Waals surface area contributed by atoms with Gasteiger partial charge in [-0.05, 0) is 49.4 Å². The van der Waals surface area contributed by atoms with E-state index in [1.165, 1.54) is 6.08 Å². The summed E-state index contributed by atoms with van der Waals surface area (Å²) in [5.74, 6) is -0.297. The quantitative estimate of drug-likeness (QED) is 0.630. The molecule has 3 aromatic rings. The second kappa shape index (κ2) is 7.13. The Balaban J connectivity index is 1.81. The highest BCUT2D eigenvalue weighted by Gasteiger charge is 2.06. The van der Waals surface area contributed by atoms with Gasteiger partial charge in [0.05, 0.1) is 5.52 Å². The summed E-state index contributed by atoms with van der Waals surface area (Å²) in [5.41, 5.74) is 9.52. The number of nitrogens with zero attached hydrogens (tertiary/aromatic N) is 1. The van der Waals surface area contributed by atoms with E-state index in [-0.39, 0.29) is 5.91 Å². The molecule has 0 aliphatic heterocycles. The Morgan fingerprint density at radius 3 is 2.60 bits per heavy atom. The van der Waals surface area contributed by atoms with Crippen molar-refractivity contribution in [1.29, 1.82) is 0 Å². The van der Waals surface area contributed by atoms with Crippen molar-refractivity contribution in [1.82, 2.24) is 4.98 Å². The molecule has 1 aromatic heterocycles. The van der Waals surface area contributed by atoms with Gasteiger partial charge in [-0.3, -0.25) is 9.78 Å². The van der Waals surface area contributed by atoms with Crippen molar-refractivity contribution in [2.75, 3.05) is 11.1 Å². The predicted molar refractivity (Wildman–Crippen MR) is 105 cm³/mol. The van der Waals surface area contributed by atoms with Crippen LogP contribution in [0.4, 0.5) is 11.4 Å². The highest BCUT2D eigenvalue weighted by Crippen LogP contribution is 2.26. The van der Waals surface area contributed by atoms with Crippen molar-refractivity contribution in [3.05, 3.63) is 69.8 Å². The fraction of sp³-hybridized carbons (Fsp3) is 0.0526. The van der Waals surface area contributed by atoms with Crippen molar-refractivity contribution < 1.29 is 4.79 Å². The van der Waals surface area contributed by atoms with E-state index in [1.54, 1.807) is 42.5 Å². The lowest BCUT2D eigenvalue weighted by molar-refractivity contribution is -0.111. The Kier molecular flexibility index (Phi) is 4.93. The molecule has 0 unspecified atom stereocenters. The molecular weight excluding hydrogens is 357 g/mol. The zero-order chi connectivity index (χ0) is 18.0. The molecule has 126 valence electrons. The van der Waals surface area contributed by atoms with E-state index in [4.69, 9.17) is 28.9 Å². The first-order valence-corrected chi connectivity index (χ1v) is 8.29. The molecule has 0 spiro atoms. The zero-order valence-corrected chi connectivity index (χ0v) is 14.9. The topological polar surface area (TPSA) is 68.0 Å². The number of benzene rings is 2.